The quantitative estimate of drug-likeness (QED) is 0.168. The Bertz CT molecular complexity index is 2000. The number of amides is 1. The number of rotatable bonds is 7. The molecular formula is C32H28N4O5S2. The molecule has 0 saturated carbocycles. The van der Waals surface area contributed by atoms with Gasteiger partial charge in [-0.2, -0.15) is 13.7 Å². The van der Waals surface area contributed by atoms with Crippen LogP contribution in [0.4, 0.5) is 0 Å². The van der Waals surface area contributed by atoms with Crippen LogP contribution < -0.4 is 5.43 Å². The Kier molecular flexibility index (Phi) is 7.80. The van der Waals surface area contributed by atoms with Crippen LogP contribution in [0.5, 0.6) is 0 Å². The van der Waals surface area contributed by atoms with Gasteiger partial charge in [-0.05, 0) is 51.9 Å². The smallest absolute Gasteiger partial charge is 0.259 e. The topological polar surface area (TPSA) is 116 Å². The molecule has 5 aromatic carbocycles. The summed E-state index contributed by atoms with van der Waals surface area (Å²) in [6.07, 6.45) is 1.54. The van der Waals surface area contributed by atoms with Crippen molar-refractivity contribution in [3.05, 3.63) is 121 Å². The SMILES string of the molecule is O=C(N/N=C\c1c2ccccc2cc2ccccc12)[C@H]1CN(S(=O)(=O)c2ccccc2)CCN1S(=O)(=O)c1ccccc1. The summed E-state index contributed by atoms with van der Waals surface area (Å²) in [4.78, 5) is 13.7. The molecule has 0 unspecified atom stereocenters. The van der Waals surface area contributed by atoms with E-state index in [-0.39, 0.29) is 29.4 Å². The number of nitrogens with one attached hydrogen (secondary N) is 1. The highest BCUT2D eigenvalue weighted by atomic mass is 32.2. The maximum Gasteiger partial charge on any atom is 0.259 e. The maximum atomic E-state index is 13.7. The van der Waals surface area contributed by atoms with Crippen molar-refractivity contribution in [1.82, 2.24) is 14.0 Å². The van der Waals surface area contributed by atoms with Crippen molar-refractivity contribution in [3.8, 4) is 0 Å². The molecular weight excluding hydrogens is 585 g/mol. The predicted octanol–water partition coefficient (Wildman–Crippen LogP) is 4.21. The molecule has 1 N–H and O–H groups in total. The second-order valence-electron chi connectivity index (χ2n) is 10.1. The fourth-order valence-corrected chi connectivity index (χ4v) is 8.40. The zero-order valence-electron chi connectivity index (χ0n) is 22.9. The van der Waals surface area contributed by atoms with Crippen molar-refractivity contribution < 1.29 is 21.6 Å². The molecule has 1 aliphatic heterocycles. The number of fused-ring (bicyclic) bond motifs is 2. The van der Waals surface area contributed by atoms with Crippen LogP contribution in [0.2, 0.25) is 0 Å². The van der Waals surface area contributed by atoms with Crippen LogP contribution in [0, 0.1) is 0 Å². The van der Waals surface area contributed by atoms with Crippen molar-refractivity contribution >= 4 is 53.7 Å². The van der Waals surface area contributed by atoms with E-state index in [0.717, 1.165) is 35.7 Å². The lowest BCUT2D eigenvalue weighted by atomic mass is 9.97. The summed E-state index contributed by atoms with van der Waals surface area (Å²) in [7, 11) is -8.11. The van der Waals surface area contributed by atoms with Crippen LogP contribution in [0.1, 0.15) is 5.56 Å². The molecule has 6 rings (SSSR count). The molecule has 5 aromatic rings. The van der Waals surface area contributed by atoms with Crippen LogP contribution >= 0.6 is 0 Å². The number of carbonyl (C=O) groups is 1. The number of hydrazone groups is 1. The Balaban J connectivity index is 1.34. The molecule has 0 bridgehead atoms. The van der Waals surface area contributed by atoms with Crippen molar-refractivity contribution in [1.29, 1.82) is 0 Å². The maximum absolute atomic E-state index is 13.7. The highest BCUT2D eigenvalue weighted by Gasteiger charge is 2.43. The first-order chi connectivity index (χ1) is 20.8. The third kappa shape index (κ3) is 5.55. The molecule has 0 aromatic heterocycles. The van der Waals surface area contributed by atoms with Gasteiger partial charge in [0.05, 0.1) is 16.0 Å². The summed E-state index contributed by atoms with van der Waals surface area (Å²) in [5, 5.41) is 8.11. The normalized spacial score (nSPS) is 17.0. The molecule has 0 aliphatic carbocycles. The predicted molar refractivity (Wildman–Crippen MR) is 167 cm³/mol. The first kappa shape index (κ1) is 28.7. The monoisotopic (exact) mass is 612 g/mol. The van der Waals surface area contributed by atoms with Gasteiger partial charge in [-0.3, -0.25) is 4.79 Å². The van der Waals surface area contributed by atoms with E-state index in [1.54, 1.807) is 42.6 Å². The first-order valence-corrected chi connectivity index (χ1v) is 16.5. The van der Waals surface area contributed by atoms with E-state index in [1.807, 2.05) is 48.5 Å². The number of hydrogen-bond acceptors (Lipinski definition) is 6. The molecule has 1 atom stereocenters. The Morgan fingerprint density at radius 2 is 1.21 bits per heavy atom. The molecule has 1 saturated heterocycles. The van der Waals surface area contributed by atoms with Gasteiger partial charge in [0, 0.05) is 25.2 Å². The summed E-state index contributed by atoms with van der Waals surface area (Å²) in [6, 6.07) is 32.0. The van der Waals surface area contributed by atoms with Gasteiger partial charge >= 0.3 is 0 Å². The molecule has 1 amide bonds. The molecule has 0 radical (unpaired) electrons. The first-order valence-electron chi connectivity index (χ1n) is 13.6. The third-order valence-corrected chi connectivity index (χ3v) is 11.3. The second kappa shape index (κ2) is 11.7. The van der Waals surface area contributed by atoms with Gasteiger partial charge in [-0.25, -0.2) is 22.3 Å². The molecule has 43 heavy (non-hydrogen) atoms. The van der Waals surface area contributed by atoms with Crippen molar-refractivity contribution in [3.63, 3.8) is 0 Å². The highest BCUT2D eigenvalue weighted by molar-refractivity contribution is 7.89. The minimum Gasteiger partial charge on any atom is -0.271 e. The minimum atomic E-state index is -4.13. The number of hydrogen-bond donors (Lipinski definition) is 1. The number of carbonyl (C=O) groups excluding carboxylic acids is 1. The Labute approximate surface area is 250 Å². The van der Waals surface area contributed by atoms with E-state index < -0.39 is 32.0 Å². The van der Waals surface area contributed by atoms with E-state index in [2.05, 4.69) is 16.6 Å². The van der Waals surface area contributed by atoms with Gasteiger partial charge in [-0.15, -0.1) is 0 Å². The third-order valence-electron chi connectivity index (χ3n) is 7.51. The number of sulfonamides is 2. The Hall–Kier alpha value is -4.42. The van der Waals surface area contributed by atoms with Crippen LogP contribution in [0.15, 0.2) is 130 Å². The molecule has 11 heteroatoms. The van der Waals surface area contributed by atoms with Gasteiger partial charge in [0.1, 0.15) is 6.04 Å². The largest absolute Gasteiger partial charge is 0.271 e. The van der Waals surface area contributed by atoms with Crippen LogP contribution in [0.3, 0.4) is 0 Å². The lowest BCUT2D eigenvalue weighted by Crippen LogP contribution is -2.60. The molecule has 1 aliphatic rings. The van der Waals surface area contributed by atoms with E-state index in [0.29, 0.717) is 0 Å². The summed E-state index contributed by atoms with van der Waals surface area (Å²) >= 11 is 0. The fourth-order valence-electron chi connectivity index (χ4n) is 5.35. The summed E-state index contributed by atoms with van der Waals surface area (Å²) < 4.78 is 56.4. The molecule has 0 spiro atoms. The van der Waals surface area contributed by atoms with E-state index >= 15 is 0 Å². The zero-order valence-corrected chi connectivity index (χ0v) is 24.6. The lowest BCUT2D eigenvalue weighted by molar-refractivity contribution is -0.125. The van der Waals surface area contributed by atoms with Crippen LogP contribution in [-0.4, -0.2) is 63.2 Å². The van der Waals surface area contributed by atoms with Crippen LogP contribution in [-0.2, 0) is 24.8 Å². The van der Waals surface area contributed by atoms with Crippen molar-refractivity contribution in [2.45, 2.75) is 15.8 Å². The highest BCUT2D eigenvalue weighted by Crippen LogP contribution is 2.28. The Morgan fingerprint density at radius 3 is 1.79 bits per heavy atom. The number of nitrogens with zero attached hydrogens (tertiary/aromatic N) is 3. The number of benzene rings is 5. The van der Waals surface area contributed by atoms with Crippen molar-refractivity contribution in [2.75, 3.05) is 19.6 Å². The van der Waals surface area contributed by atoms with Gasteiger partial charge in [0.2, 0.25) is 20.0 Å². The van der Waals surface area contributed by atoms with E-state index in [9.17, 15) is 21.6 Å². The molecule has 1 fully saturated rings. The molecule has 1 heterocycles. The molecule has 9 nitrogen and oxygen atoms in total. The average Bonchev–Trinajstić information content (AvgIpc) is 3.05. The van der Waals surface area contributed by atoms with Gasteiger partial charge < -0.3 is 0 Å². The van der Waals surface area contributed by atoms with Crippen LogP contribution in [0.25, 0.3) is 21.5 Å². The standard InChI is InChI=1S/C32H28N4O5S2/c37-32(34-33-22-30-28-17-9-7-11-24(28)21-25-12-8-10-18-29(25)30)31-23-35(42(38,39)26-13-3-1-4-14-26)19-20-36(31)43(40,41)27-15-5-2-6-16-27/h1-18,21-22,31H,19-20,23H2,(H,34,37)/b33-22-/t31-/m1/s1. The average molecular weight is 613 g/mol. The van der Waals surface area contributed by atoms with Gasteiger partial charge in [0.15, 0.2) is 0 Å². The van der Waals surface area contributed by atoms with Crippen molar-refractivity contribution in [2.24, 2.45) is 5.10 Å². The zero-order chi connectivity index (χ0) is 30.0. The summed E-state index contributed by atoms with van der Waals surface area (Å²) in [6.45, 7) is -0.695. The minimum absolute atomic E-state index is 0.0119. The Morgan fingerprint density at radius 1 is 0.698 bits per heavy atom. The van der Waals surface area contributed by atoms with Gasteiger partial charge in [-0.1, -0.05) is 84.9 Å². The molecule has 218 valence electrons. The second-order valence-corrected chi connectivity index (χ2v) is 13.9. The van der Waals surface area contributed by atoms with E-state index in [1.165, 1.54) is 24.3 Å². The fraction of sp³-hybridized carbons (Fsp3) is 0.125. The summed E-state index contributed by atoms with van der Waals surface area (Å²) in [5.74, 6) is -0.742. The number of piperazine rings is 1. The summed E-state index contributed by atoms with van der Waals surface area (Å²) in [5.41, 5.74) is 3.29. The van der Waals surface area contributed by atoms with Gasteiger partial charge in [0.25, 0.3) is 5.91 Å². The van der Waals surface area contributed by atoms with E-state index in [4.69, 9.17) is 0 Å². The lowest BCUT2D eigenvalue weighted by Gasteiger charge is -2.38.